The van der Waals surface area contributed by atoms with Crippen molar-refractivity contribution in [3.8, 4) is 12.0 Å². The van der Waals surface area contributed by atoms with Crippen molar-refractivity contribution in [1.82, 2.24) is 9.74 Å². The summed E-state index contributed by atoms with van der Waals surface area (Å²) in [5.41, 5.74) is 1.00. The summed E-state index contributed by atoms with van der Waals surface area (Å²) in [4.78, 5) is 14.6. The third-order valence-electron chi connectivity index (χ3n) is 1.76. The van der Waals surface area contributed by atoms with Gasteiger partial charge in [-0.05, 0) is 12.5 Å². The minimum atomic E-state index is -0.421. The fourth-order valence-corrected chi connectivity index (χ4v) is 1.22. The van der Waals surface area contributed by atoms with Gasteiger partial charge in [-0.1, -0.05) is 36.3 Å². The van der Waals surface area contributed by atoms with Crippen LogP contribution < -0.4 is 4.84 Å². The summed E-state index contributed by atoms with van der Waals surface area (Å²) in [6, 6.07) is 11.8. The molecular formula is C11H11ClN2O. The van der Waals surface area contributed by atoms with E-state index in [1.54, 1.807) is 6.92 Å². The molecule has 0 saturated heterocycles. The van der Waals surface area contributed by atoms with Crippen molar-refractivity contribution >= 4 is 17.8 Å². The van der Waals surface area contributed by atoms with E-state index in [2.05, 4.69) is 12.0 Å². The molecule has 1 rings (SSSR count). The van der Waals surface area contributed by atoms with Crippen LogP contribution in [-0.2, 0) is 6.54 Å². The highest BCUT2D eigenvalue weighted by Crippen LogP contribution is 2.03. The third kappa shape index (κ3) is 3.53. The lowest BCUT2D eigenvalue weighted by Gasteiger charge is -2.13. The summed E-state index contributed by atoms with van der Waals surface area (Å²) < 4.78 is 0. The van der Waals surface area contributed by atoms with Crippen molar-refractivity contribution < 1.29 is 4.79 Å². The lowest BCUT2D eigenvalue weighted by Crippen LogP contribution is -2.31. The molecule has 78 valence electrons. The molecule has 0 aliphatic heterocycles. The van der Waals surface area contributed by atoms with E-state index < -0.39 is 6.03 Å². The van der Waals surface area contributed by atoms with Crippen molar-refractivity contribution in [2.45, 2.75) is 13.5 Å². The molecule has 0 aliphatic rings. The Hall–Kier alpha value is -1.66. The van der Waals surface area contributed by atoms with Gasteiger partial charge in [0.2, 0.25) is 0 Å². The number of benzene rings is 1. The second-order valence-electron chi connectivity index (χ2n) is 2.83. The van der Waals surface area contributed by atoms with Crippen molar-refractivity contribution in [3.63, 3.8) is 0 Å². The number of hydrogen-bond donors (Lipinski definition) is 1. The first kappa shape index (κ1) is 11.4. The average molecular weight is 223 g/mol. The fourth-order valence-electron chi connectivity index (χ4n) is 1.11. The van der Waals surface area contributed by atoms with E-state index in [9.17, 15) is 4.79 Å². The monoisotopic (exact) mass is 222 g/mol. The molecular weight excluding hydrogens is 212 g/mol. The van der Waals surface area contributed by atoms with Crippen LogP contribution in [0.1, 0.15) is 12.5 Å². The van der Waals surface area contributed by atoms with Crippen LogP contribution in [0.2, 0.25) is 0 Å². The maximum absolute atomic E-state index is 11.3. The van der Waals surface area contributed by atoms with Gasteiger partial charge in [0.1, 0.15) is 0 Å². The predicted octanol–water partition coefficient (Wildman–Crippen LogP) is 2.33. The second kappa shape index (κ2) is 5.94. The summed E-state index contributed by atoms with van der Waals surface area (Å²) in [6.45, 7) is 2.08. The van der Waals surface area contributed by atoms with Gasteiger partial charge in [-0.2, -0.15) is 0 Å². The SMILES string of the molecule is CC#CN(Cc1ccccc1)C(=O)NCl. The molecule has 1 N–H and O–H groups in total. The maximum atomic E-state index is 11.3. The molecule has 2 amide bonds. The molecule has 15 heavy (non-hydrogen) atoms. The highest BCUT2D eigenvalue weighted by Gasteiger charge is 2.09. The van der Waals surface area contributed by atoms with Gasteiger partial charge in [-0.15, -0.1) is 0 Å². The zero-order chi connectivity index (χ0) is 11.1. The van der Waals surface area contributed by atoms with Crippen LogP contribution in [0, 0.1) is 12.0 Å². The Morgan fingerprint density at radius 1 is 1.47 bits per heavy atom. The quantitative estimate of drug-likeness (QED) is 0.465. The number of halogens is 1. The first-order valence-corrected chi connectivity index (χ1v) is 4.80. The Labute approximate surface area is 94.1 Å². The largest absolute Gasteiger partial charge is 0.343 e. The molecule has 0 atom stereocenters. The highest BCUT2D eigenvalue weighted by atomic mass is 35.5. The second-order valence-corrected chi connectivity index (χ2v) is 3.02. The summed E-state index contributed by atoms with van der Waals surface area (Å²) in [7, 11) is 0. The van der Waals surface area contributed by atoms with E-state index in [0.717, 1.165) is 5.56 Å². The van der Waals surface area contributed by atoms with E-state index in [-0.39, 0.29) is 0 Å². The number of carbonyl (C=O) groups excluding carboxylic acids is 1. The van der Waals surface area contributed by atoms with Crippen molar-refractivity contribution in [2.24, 2.45) is 0 Å². The molecule has 1 aromatic rings. The Balaban J connectivity index is 2.74. The zero-order valence-electron chi connectivity index (χ0n) is 8.33. The molecule has 1 aromatic carbocycles. The molecule has 0 fully saturated rings. The van der Waals surface area contributed by atoms with Gasteiger partial charge in [0.05, 0.1) is 6.54 Å². The molecule has 3 nitrogen and oxygen atoms in total. The number of nitrogens with zero attached hydrogens (tertiary/aromatic N) is 1. The molecule has 0 aromatic heterocycles. The summed E-state index contributed by atoms with van der Waals surface area (Å²) in [5.74, 6) is 2.66. The number of amides is 2. The number of urea groups is 1. The van der Waals surface area contributed by atoms with Crippen molar-refractivity contribution in [1.29, 1.82) is 0 Å². The highest BCUT2D eigenvalue weighted by molar-refractivity contribution is 6.21. The van der Waals surface area contributed by atoms with Gasteiger partial charge >= 0.3 is 6.03 Å². The lowest BCUT2D eigenvalue weighted by atomic mass is 10.2. The lowest BCUT2D eigenvalue weighted by molar-refractivity contribution is 0.222. The Morgan fingerprint density at radius 2 is 2.13 bits per heavy atom. The van der Waals surface area contributed by atoms with Crippen LogP contribution in [0.25, 0.3) is 0 Å². The van der Waals surface area contributed by atoms with Crippen LogP contribution in [0.3, 0.4) is 0 Å². The van der Waals surface area contributed by atoms with Gasteiger partial charge in [0.25, 0.3) is 0 Å². The van der Waals surface area contributed by atoms with E-state index >= 15 is 0 Å². The van der Waals surface area contributed by atoms with Crippen molar-refractivity contribution in [2.75, 3.05) is 0 Å². The van der Waals surface area contributed by atoms with Gasteiger partial charge in [-0.25, -0.2) is 14.5 Å². The van der Waals surface area contributed by atoms with E-state index in [4.69, 9.17) is 11.8 Å². The number of carbonyl (C=O) groups is 1. The Kier molecular flexibility index (Phi) is 4.52. The maximum Gasteiger partial charge on any atom is 0.343 e. The summed E-state index contributed by atoms with van der Waals surface area (Å²) in [5, 5.41) is 0. The van der Waals surface area contributed by atoms with E-state index in [0.29, 0.717) is 6.54 Å². The van der Waals surface area contributed by atoms with Gasteiger partial charge in [-0.3, -0.25) is 0 Å². The average Bonchev–Trinajstić information content (AvgIpc) is 2.29. The predicted molar refractivity (Wildman–Crippen MR) is 59.8 cm³/mol. The number of rotatable bonds is 2. The Bertz CT molecular complexity index is 381. The molecule has 4 heteroatoms. The van der Waals surface area contributed by atoms with Gasteiger partial charge in [0, 0.05) is 17.8 Å². The first-order chi connectivity index (χ1) is 7.27. The molecule has 0 unspecified atom stereocenters. The number of nitrogens with one attached hydrogen (secondary N) is 1. The van der Waals surface area contributed by atoms with Gasteiger partial charge in [0.15, 0.2) is 0 Å². The molecule has 0 saturated carbocycles. The Morgan fingerprint density at radius 3 is 2.67 bits per heavy atom. The topological polar surface area (TPSA) is 32.3 Å². The van der Waals surface area contributed by atoms with Crippen molar-refractivity contribution in [3.05, 3.63) is 35.9 Å². The molecule has 0 bridgehead atoms. The number of hydrogen-bond acceptors (Lipinski definition) is 1. The van der Waals surface area contributed by atoms with Gasteiger partial charge < -0.3 is 0 Å². The molecule has 0 spiro atoms. The summed E-state index contributed by atoms with van der Waals surface area (Å²) >= 11 is 5.24. The van der Waals surface area contributed by atoms with Crippen LogP contribution in [0.5, 0.6) is 0 Å². The minimum absolute atomic E-state index is 0.417. The standard InChI is InChI=1S/C11H11ClN2O/c1-2-8-14(11(15)13-12)9-10-6-4-3-5-7-10/h3-7H,9H2,1H3,(H,13,15). The minimum Gasteiger partial charge on any atom is -0.249 e. The zero-order valence-corrected chi connectivity index (χ0v) is 9.08. The molecule has 0 heterocycles. The van der Waals surface area contributed by atoms with Crippen LogP contribution in [0.15, 0.2) is 30.3 Å². The van der Waals surface area contributed by atoms with E-state index in [1.807, 2.05) is 35.2 Å². The third-order valence-corrected chi connectivity index (χ3v) is 1.92. The first-order valence-electron chi connectivity index (χ1n) is 4.42. The van der Waals surface area contributed by atoms with E-state index in [1.165, 1.54) is 4.90 Å². The van der Waals surface area contributed by atoms with Crippen LogP contribution in [-0.4, -0.2) is 10.9 Å². The van der Waals surface area contributed by atoms with Crippen LogP contribution in [0.4, 0.5) is 4.79 Å². The molecule has 0 aliphatic carbocycles. The normalized spacial score (nSPS) is 8.67. The smallest absolute Gasteiger partial charge is 0.249 e. The fraction of sp³-hybridized carbons (Fsp3) is 0.182. The van der Waals surface area contributed by atoms with Crippen LogP contribution >= 0.6 is 11.8 Å². The summed E-state index contributed by atoms with van der Waals surface area (Å²) in [6.07, 6.45) is 0. The molecule has 0 radical (unpaired) electrons.